The summed E-state index contributed by atoms with van der Waals surface area (Å²) in [4.78, 5) is 22.9. The molecule has 116 valence electrons. The average Bonchev–Trinajstić information content (AvgIpc) is 2.38. The monoisotopic (exact) mass is 357 g/mol. The molecule has 6 heteroatoms. The summed E-state index contributed by atoms with van der Waals surface area (Å²) in [5, 5.41) is 2.84. The van der Waals surface area contributed by atoms with E-state index in [0.717, 1.165) is 0 Å². The van der Waals surface area contributed by atoms with Gasteiger partial charge in [0.15, 0.2) is 17.6 Å². The third kappa shape index (κ3) is 5.04. The van der Waals surface area contributed by atoms with Gasteiger partial charge in [-0.05, 0) is 55.8 Å². The zero-order valence-electron chi connectivity index (χ0n) is 12.8. The molecular weight excluding hydrogens is 338 g/mol. The Kier molecular flexibility index (Phi) is 5.78. The highest BCUT2D eigenvalue weighted by Gasteiger charge is 2.23. The van der Waals surface area contributed by atoms with Crippen molar-refractivity contribution < 1.29 is 19.1 Å². The summed E-state index contributed by atoms with van der Waals surface area (Å²) in [6.45, 7) is 7.34. The van der Waals surface area contributed by atoms with Crippen LogP contribution in [0, 0.1) is 0 Å². The van der Waals surface area contributed by atoms with Gasteiger partial charge >= 0.3 is 0 Å². The summed E-state index contributed by atoms with van der Waals surface area (Å²) in [7, 11) is 1.48. The average molecular weight is 358 g/mol. The van der Waals surface area contributed by atoms with E-state index in [9.17, 15) is 9.59 Å². The van der Waals surface area contributed by atoms with E-state index in [1.165, 1.54) is 7.11 Å². The van der Waals surface area contributed by atoms with Crippen molar-refractivity contribution in [2.45, 2.75) is 39.3 Å². The molecule has 1 aromatic rings. The van der Waals surface area contributed by atoms with Crippen molar-refractivity contribution in [2.75, 3.05) is 7.11 Å². The lowest BCUT2D eigenvalue weighted by molar-refractivity contribution is -0.128. The van der Waals surface area contributed by atoms with Crippen LogP contribution in [0.1, 0.15) is 38.1 Å². The van der Waals surface area contributed by atoms with E-state index in [1.54, 1.807) is 19.1 Å². The largest absolute Gasteiger partial charge is 0.493 e. The Labute approximate surface area is 133 Å². The van der Waals surface area contributed by atoms with Crippen LogP contribution in [0.15, 0.2) is 16.6 Å². The van der Waals surface area contributed by atoms with Crippen LogP contribution in [0.3, 0.4) is 0 Å². The van der Waals surface area contributed by atoms with Crippen molar-refractivity contribution in [3.8, 4) is 11.5 Å². The lowest BCUT2D eigenvalue weighted by Gasteiger charge is -2.24. The third-order valence-electron chi connectivity index (χ3n) is 2.55. The van der Waals surface area contributed by atoms with E-state index in [-0.39, 0.29) is 11.4 Å². The Morgan fingerprint density at radius 2 is 2.00 bits per heavy atom. The van der Waals surface area contributed by atoms with Gasteiger partial charge in [0, 0.05) is 11.1 Å². The van der Waals surface area contributed by atoms with Crippen molar-refractivity contribution in [3.05, 3.63) is 22.2 Å². The highest BCUT2D eigenvalue weighted by molar-refractivity contribution is 9.10. The van der Waals surface area contributed by atoms with Gasteiger partial charge in [-0.3, -0.25) is 9.59 Å². The first-order valence-electron chi connectivity index (χ1n) is 6.49. The Bertz CT molecular complexity index is 537. The molecule has 0 bridgehead atoms. The molecule has 0 aliphatic heterocycles. The molecule has 1 amide bonds. The minimum Gasteiger partial charge on any atom is -0.493 e. The quantitative estimate of drug-likeness (QED) is 0.822. The summed E-state index contributed by atoms with van der Waals surface area (Å²) in [6.07, 6.45) is 0.0174. The highest BCUT2D eigenvalue weighted by atomic mass is 79.9. The van der Waals surface area contributed by atoms with Crippen LogP contribution >= 0.6 is 15.9 Å². The van der Waals surface area contributed by atoms with Crippen LogP contribution in [0.2, 0.25) is 0 Å². The highest BCUT2D eigenvalue weighted by Crippen LogP contribution is 2.37. The second-order valence-electron chi connectivity index (χ2n) is 5.65. The van der Waals surface area contributed by atoms with Crippen molar-refractivity contribution in [2.24, 2.45) is 0 Å². The minimum absolute atomic E-state index is 0.226. The van der Waals surface area contributed by atoms with Crippen LogP contribution < -0.4 is 14.8 Å². The van der Waals surface area contributed by atoms with Crippen LogP contribution in [0.4, 0.5) is 0 Å². The number of hydrogen-bond donors (Lipinski definition) is 1. The molecule has 0 heterocycles. The minimum atomic E-state index is -0.698. The summed E-state index contributed by atoms with van der Waals surface area (Å²) in [6, 6.07) is 3.17. The van der Waals surface area contributed by atoms with E-state index < -0.39 is 6.10 Å². The Balaban J connectivity index is 2.97. The number of ether oxygens (including phenoxy) is 2. The van der Waals surface area contributed by atoms with E-state index in [2.05, 4.69) is 21.2 Å². The van der Waals surface area contributed by atoms with E-state index >= 15 is 0 Å². The number of rotatable bonds is 5. The molecule has 1 N–H and O–H groups in total. The molecule has 0 radical (unpaired) electrons. The molecule has 0 fully saturated rings. The molecule has 5 nitrogen and oxygen atoms in total. The zero-order valence-corrected chi connectivity index (χ0v) is 14.4. The summed E-state index contributed by atoms with van der Waals surface area (Å²) in [5.74, 6) is 0.553. The zero-order chi connectivity index (χ0) is 16.2. The SMILES string of the molecule is COc1cc(C=O)cc(Br)c1OC(C)C(=O)NC(C)(C)C. The predicted octanol–water partition coefficient (Wildman–Crippen LogP) is 2.95. The van der Waals surface area contributed by atoms with Gasteiger partial charge in [-0.15, -0.1) is 0 Å². The van der Waals surface area contributed by atoms with Crippen LogP contribution in [-0.2, 0) is 4.79 Å². The topological polar surface area (TPSA) is 64.6 Å². The van der Waals surface area contributed by atoms with Gasteiger partial charge < -0.3 is 14.8 Å². The number of amides is 1. The van der Waals surface area contributed by atoms with Crippen molar-refractivity contribution in [3.63, 3.8) is 0 Å². The molecule has 0 aliphatic rings. The molecule has 0 saturated heterocycles. The maximum absolute atomic E-state index is 12.0. The number of hydrogen-bond acceptors (Lipinski definition) is 4. The predicted molar refractivity (Wildman–Crippen MR) is 84.1 cm³/mol. The van der Waals surface area contributed by atoms with Gasteiger partial charge in [0.2, 0.25) is 0 Å². The smallest absolute Gasteiger partial charge is 0.261 e. The number of methoxy groups -OCH3 is 1. The summed E-state index contributed by atoms with van der Waals surface area (Å²) >= 11 is 3.32. The van der Waals surface area contributed by atoms with Crippen LogP contribution in [0.5, 0.6) is 11.5 Å². The third-order valence-corrected chi connectivity index (χ3v) is 3.14. The fourth-order valence-corrected chi connectivity index (χ4v) is 2.18. The Hall–Kier alpha value is -1.56. The lowest BCUT2D eigenvalue weighted by atomic mass is 10.1. The first kappa shape index (κ1) is 17.5. The number of nitrogens with one attached hydrogen (secondary N) is 1. The summed E-state index contributed by atoms with van der Waals surface area (Å²) < 4.78 is 11.4. The second kappa shape index (κ2) is 6.93. The van der Waals surface area contributed by atoms with E-state index in [0.29, 0.717) is 27.8 Å². The van der Waals surface area contributed by atoms with Gasteiger partial charge in [-0.25, -0.2) is 0 Å². The first-order chi connectivity index (χ1) is 9.67. The number of aldehydes is 1. The fourth-order valence-electron chi connectivity index (χ4n) is 1.62. The lowest BCUT2D eigenvalue weighted by Crippen LogP contribution is -2.46. The number of benzene rings is 1. The molecular formula is C15H20BrNO4. The maximum Gasteiger partial charge on any atom is 0.261 e. The van der Waals surface area contributed by atoms with Gasteiger partial charge in [0.05, 0.1) is 11.6 Å². The molecule has 0 spiro atoms. The molecule has 1 atom stereocenters. The van der Waals surface area contributed by atoms with Crippen LogP contribution in [-0.4, -0.2) is 30.9 Å². The summed E-state index contributed by atoms with van der Waals surface area (Å²) in [5.41, 5.74) is 0.120. The van der Waals surface area contributed by atoms with Crippen molar-refractivity contribution in [1.82, 2.24) is 5.32 Å². The van der Waals surface area contributed by atoms with Gasteiger partial charge in [0.1, 0.15) is 6.29 Å². The molecule has 0 aliphatic carbocycles. The number of carbonyl (C=O) groups is 2. The van der Waals surface area contributed by atoms with E-state index in [4.69, 9.17) is 9.47 Å². The second-order valence-corrected chi connectivity index (χ2v) is 6.51. The molecule has 1 aromatic carbocycles. The van der Waals surface area contributed by atoms with Crippen LogP contribution in [0.25, 0.3) is 0 Å². The standard InChI is InChI=1S/C15H20BrNO4/c1-9(14(19)17-15(2,3)4)21-13-11(16)6-10(8-18)7-12(13)20-5/h6-9H,1-5H3,(H,17,19). The first-order valence-corrected chi connectivity index (χ1v) is 7.28. The number of carbonyl (C=O) groups excluding carboxylic acids is 2. The normalized spacial score (nSPS) is 12.5. The van der Waals surface area contributed by atoms with Gasteiger partial charge in [-0.2, -0.15) is 0 Å². The molecule has 0 saturated carbocycles. The Morgan fingerprint density at radius 3 is 2.48 bits per heavy atom. The molecule has 21 heavy (non-hydrogen) atoms. The maximum atomic E-state index is 12.0. The molecule has 1 rings (SSSR count). The molecule has 0 aromatic heterocycles. The van der Waals surface area contributed by atoms with Gasteiger partial charge in [-0.1, -0.05) is 0 Å². The van der Waals surface area contributed by atoms with Gasteiger partial charge in [0.25, 0.3) is 5.91 Å². The fraction of sp³-hybridized carbons (Fsp3) is 0.467. The van der Waals surface area contributed by atoms with Crippen molar-refractivity contribution >= 4 is 28.1 Å². The molecule has 1 unspecified atom stereocenters. The number of halogens is 1. The van der Waals surface area contributed by atoms with Crippen molar-refractivity contribution in [1.29, 1.82) is 0 Å². The Morgan fingerprint density at radius 1 is 1.38 bits per heavy atom. The van der Waals surface area contributed by atoms with E-state index in [1.807, 2.05) is 20.8 Å².